The van der Waals surface area contributed by atoms with Crippen molar-refractivity contribution in [3.05, 3.63) is 12.2 Å². The summed E-state index contributed by atoms with van der Waals surface area (Å²) in [6.07, 6.45) is 3.50. The number of hydrogen-bond acceptors (Lipinski definition) is 4. The lowest BCUT2D eigenvalue weighted by Gasteiger charge is -2.24. The highest BCUT2D eigenvalue weighted by Gasteiger charge is 2.46. The third-order valence-corrected chi connectivity index (χ3v) is 2.62. The minimum absolute atomic E-state index is 0.0511. The van der Waals surface area contributed by atoms with Gasteiger partial charge in [-0.15, -0.1) is 23.4 Å². The highest BCUT2D eigenvalue weighted by molar-refractivity contribution is 6.18. The van der Waals surface area contributed by atoms with Crippen LogP contribution in [0.2, 0.25) is 0 Å². The number of alkyl halides is 1. The highest BCUT2D eigenvalue weighted by atomic mass is 35.5. The second-order valence-electron chi connectivity index (χ2n) is 3.50. The lowest BCUT2D eigenvalue weighted by atomic mass is 9.81. The van der Waals surface area contributed by atoms with Crippen molar-refractivity contribution in [1.29, 1.82) is 0 Å². The molecule has 0 radical (unpaired) electrons. The van der Waals surface area contributed by atoms with Crippen LogP contribution in [0, 0.1) is 17.3 Å². The number of allylic oxidation sites excluding steroid dienone is 2. The number of rotatable bonds is 6. The quantitative estimate of drug-likeness (QED) is 0.244. The van der Waals surface area contributed by atoms with E-state index < -0.39 is 17.4 Å². The number of halogens is 1. The minimum atomic E-state index is -1.42. The van der Waals surface area contributed by atoms with E-state index in [1.165, 1.54) is 14.2 Å². The van der Waals surface area contributed by atoms with Gasteiger partial charge in [0.25, 0.3) is 0 Å². The zero-order valence-electron chi connectivity index (χ0n) is 10.8. The van der Waals surface area contributed by atoms with E-state index in [0.29, 0.717) is 5.88 Å². The molecule has 18 heavy (non-hydrogen) atoms. The van der Waals surface area contributed by atoms with E-state index in [2.05, 4.69) is 11.8 Å². The average Bonchev–Trinajstić information content (AvgIpc) is 2.41. The van der Waals surface area contributed by atoms with Gasteiger partial charge in [0.05, 0.1) is 14.2 Å². The van der Waals surface area contributed by atoms with Crippen molar-refractivity contribution in [3.63, 3.8) is 0 Å². The van der Waals surface area contributed by atoms with Crippen molar-refractivity contribution in [1.82, 2.24) is 0 Å². The van der Waals surface area contributed by atoms with Crippen molar-refractivity contribution in [2.75, 3.05) is 20.1 Å². The molecule has 0 aromatic carbocycles. The predicted octanol–water partition coefficient (Wildman–Crippen LogP) is 1.92. The Kier molecular flexibility index (Phi) is 7.89. The smallest absolute Gasteiger partial charge is 0.324 e. The molecule has 0 aromatic heterocycles. The fraction of sp³-hybridized carbons (Fsp3) is 0.538. The van der Waals surface area contributed by atoms with Crippen LogP contribution in [0.4, 0.5) is 0 Å². The van der Waals surface area contributed by atoms with Gasteiger partial charge >= 0.3 is 11.9 Å². The molecule has 0 spiro atoms. The van der Waals surface area contributed by atoms with Gasteiger partial charge in [0.15, 0.2) is 5.41 Å². The number of carbonyl (C=O) groups excluding carboxylic acids is 2. The van der Waals surface area contributed by atoms with Crippen molar-refractivity contribution in [3.8, 4) is 11.8 Å². The molecule has 100 valence electrons. The molecule has 0 amide bonds. The summed E-state index contributed by atoms with van der Waals surface area (Å²) in [5.74, 6) is 4.37. The molecular weight excluding hydrogens is 256 g/mol. The van der Waals surface area contributed by atoms with E-state index in [4.69, 9.17) is 21.1 Å². The molecule has 0 saturated carbocycles. The summed E-state index contributed by atoms with van der Waals surface area (Å²) in [5.41, 5.74) is -1.42. The first kappa shape index (κ1) is 16.5. The average molecular weight is 273 g/mol. The minimum Gasteiger partial charge on any atom is -0.468 e. The van der Waals surface area contributed by atoms with Gasteiger partial charge in [0.1, 0.15) is 0 Å². The third-order valence-electron chi connectivity index (χ3n) is 2.44. The Hall–Kier alpha value is -1.47. The van der Waals surface area contributed by atoms with Gasteiger partial charge in [-0.25, -0.2) is 0 Å². The standard InChI is InChI=1S/C13H17ClO4/c1-4-5-8-13(11(15)17-2,12(16)18-3)9-6-7-10-14/h6-7H,8-10H2,1-3H3/b7-6-. The molecule has 0 aliphatic carbocycles. The van der Waals surface area contributed by atoms with E-state index in [9.17, 15) is 9.59 Å². The molecule has 0 fully saturated rings. The second-order valence-corrected chi connectivity index (χ2v) is 3.81. The molecule has 0 bridgehead atoms. The van der Waals surface area contributed by atoms with Gasteiger partial charge in [0, 0.05) is 12.3 Å². The van der Waals surface area contributed by atoms with E-state index >= 15 is 0 Å². The fourth-order valence-corrected chi connectivity index (χ4v) is 1.57. The zero-order chi connectivity index (χ0) is 14.0. The largest absolute Gasteiger partial charge is 0.468 e. The zero-order valence-corrected chi connectivity index (χ0v) is 11.5. The maximum absolute atomic E-state index is 11.9. The summed E-state index contributed by atoms with van der Waals surface area (Å²) in [5, 5.41) is 0. The number of hydrogen-bond donors (Lipinski definition) is 0. The van der Waals surface area contributed by atoms with Gasteiger partial charge in [-0.2, -0.15) is 0 Å². The Balaban J connectivity index is 5.35. The Morgan fingerprint density at radius 2 is 1.78 bits per heavy atom. The summed E-state index contributed by atoms with van der Waals surface area (Å²) >= 11 is 5.51. The maximum atomic E-state index is 11.9. The molecule has 0 heterocycles. The molecule has 0 aliphatic heterocycles. The Labute approximate surface area is 112 Å². The number of esters is 2. The Morgan fingerprint density at radius 1 is 1.22 bits per heavy atom. The van der Waals surface area contributed by atoms with Crippen molar-refractivity contribution < 1.29 is 19.1 Å². The van der Waals surface area contributed by atoms with Gasteiger partial charge in [-0.1, -0.05) is 12.2 Å². The normalized spacial score (nSPS) is 10.7. The highest BCUT2D eigenvalue weighted by Crippen LogP contribution is 2.30. The van der Waals surface area contributed by atoms with E-state index in [1.54, 1.807) is 19.1 Å². The SMILES string of the molecule is CC#CCC(C/C=C\CCl)(C(=O)OC)C(=O)OC. The van der Waals surface area contributed by atoms with Crippen molar-refractivity contribution >= 4 is 23.5 Å². The van der Waals surface area contributed by atoms with Crippen LogP contribution < -0.4 is 0 Å². The Bertz CT molecular complexity index is 360. The lowest BCUT2D eigenvalue weighted by molar-refractivity contribution is -0.168. The molecule has 0 saturated heterocycles. The van der Waals surface area contributed by atoms with E-state index in [1.807, 2.05) is 0 Å². The van der Waals surface area contributed by atoms with E-state index in [0.717, 1.165) is 0 Å². The molecular formula is C13H17ClO4. The second kappa shape index (κ2) is 8.60. The summed E-state index contributed by atoms with van der Waals surface area (Å²) in [6, 6.07) is 0. The predicted molar refractivity (Wildman–Crippen MR) is 69.0 cm³/mol. The van der Waals surface area contributed by atoms with Crippen molar-refractivity contribution in [2.24, 2.45) is 5.41 Å². The molecule has 5 heteroatoms. The summed E-state index contributed by atoms with van der Waals surface area (Å²) in [6.45, 7) is 1.63. The number of carbonyl (C=O) groups is 2. The van der Waals surface area contributed by atoms with Gasteiger partial charge in [-0.3, -0.25) is 9.59 Å². The summed E-state index contributed by atoms with van der Waals surface area (Å²) in [4.78, 5) is 23.8. The van der Waals surface area contributed by atoms with Gasteiger partial charge in [-0.05, 0) is 13.3 Å². The van der Waals surface area contributed by atoms with Gasteiger partial charge < -0.3 is 9.47 Å². The van der Waals surface area contributed by atoms with E-state index in [-0.39, 0.29) is 12.8 Å². The lowest BCUT2D eigenvalue weighted by Crippen LogP contribution is -2.40. The fourth-order valence-electron chi connectivity index (χ4n) is 1.44. The molecule has 4 nitrogen and oxygen atoms in total. The van der Waals surface area contributed by atoms with Crippen LogP contribution >= 0.6 is 11.6 Å². The number of ether oxygens (including phenoxy) is 2. The van der Waals surface area contributed by atoms with Crippen LogP contribution in [0.25, 0.3) is 0 Å². The van der Waals surface area contributed by atoms with Crippen LogP contribution in [-0.2, 0) is 19.1 Å². The molecule has 0 rings (SSSR count). The van der Waals surface area contributed by atoms with Crippen LogP contribution in [0.3, 0.4) is 0 Å². The molecule has 0 atom stereocenters. The van der Waals surface area contributed by atoms with Crippen LogP contribution in [-0.4, -0.2) is 32.0 Å². The summed E-state index contributed by atoms with van der Waals surface area (Å²) < 4.78 is 9.38. The van der Waals surface area contributed by atoms with Crippen LogP contribution in [0.5, 0.6) is 0 Å². The number of methoxy groups -OCH3 is 2. The van der Waals surface area contributed by atoms with Gasteiger partial charge in [0.2, 0.25) is 0 Å². The van der Waals surface area contributed by atoms with Crippen molar-refractivity contribution in [2.45, 2.75) is 19.8 Å². The topological polar surface area (TPSA) is 52.6 Å². The monoisotopic (exact) mass is 272 g/mol. The first-order valence-corrected chi connectivity index (χ1v) is 5.90. The van der Waals surface area contributed by atoms with Crippen LogP contribution in [0.15, 0.2) is 12.2 Å². The molecule has 0 unspecified atom stereocenters. The molecule has 0 aliphatic rings. The Morgan fingerprint density at radius 3 is 2.17 bits per heavy atom. The molecule has 0 aromatic rings. The van der Waals surface area contributed by atoms with Crippen LogP contribution in [0.1, 0.15) is 19.8 Å². The third kappa shape index (κ3) is 4.08. The maximum Gasteiger partial charge on any atom is 0.324 e. The summed E-state index contributed by atoms with van der Waals surface area (Å²) in [7, 11) is 2.45. The first-order chi connectivity index (χ1) is 8.58. The first-order valence-electron chi connectivity index (χ1n) is 5.36. The molecule has 0 N–H and O–H groups in total.